The molecule has 1 atom stereocenters. The minimum absolute atomic E-state index is 0.0131. The highest BCUT2D eigenvalue weighted by Crippen LogP contribution is 2.34. The van der Waals surface area contributed by atoms with Crippen LogP contribution in [0.4, 0.5) is 17.1 Å². The molecular weight excluding hydrogens is 358 g/mol. The number of hydrogen-bond acceptors (Lipinski definition) is 6. The number of rotatable bonds is 6. The summed E-state index contributed by atoms with van der Waals surface area (Å²) in [6.45, 7) is 10.0. The van der Waals surface area contributed by atoms with Gasteiger partial charge in [-0.05, 0) is 43.4 Å². The van der Waals surface area contributed by atoms with Crippen LogP contribution in [0.25, 0.3) is 0 Å². The van der Waals surface area contributed by atoms with Crippen molar-refractivity contribution in [1.29, 1.82) is 0 Å². The Kier molecular flexibility index (Phi) is 5.87. The smallest absolute Gasteiger partial charge is 0.257 e. The first kappa shape index (κ1) is 21.5. The number of carbonyl (C=O) groups is 1. The zero-order valence-corrected chi connectivity index (χ0v) is 17.6. The predicted octanol–water partition coefficient (Wildman–Crippen LogP) is 2.98. The zero-order chi connectivity index (χ0) is 21.4. The SMILES string of the molecule is Cc1cc(Nc2c(N[C@@H](C)CC(C)(C)C)c(=O)c2=O)c(O)c(C(=O)N(C)C)c1. The van der Waals surface area contributed by atoms with E-state index in [9.17, 15) is 19.5 Å². The van der Waals surface area contributed by atoms with Gasteiger partial charge in [0, 0.05) is 20.1 Å². The fourth-order valence-corrected chi connectivity index (χ4v) is 3.28. The summed E-state index contributed by atoms with van der Waals surface area (Å²) in [5, 5.41) is 16.5. The topological polar surface area (TPSA) is 98.7 Å². The molecule has 152 valence electrons. The molecule has 0 saturated carbocycles. The summed E-state index contributed by atoms with van der Waals surface area (Å²) < 4.78 is 0. The van der Waals surface area contributed by atoms with Crippen molar-refractivity contribution in [2.75, 3.05) is 24.7 Å². The third-order valence-corrected chi connectivity index (χ3v) is 4.37. The minimum Gasteiger partial charge on any atom is -0.505 e. The molecule has 0 aliphatic rings. The van der Waals surface area contributed by atoms with Gasteiger partial charge in [0.1, 0.15) is 11.4 Å². The molecule has 7 heteroatoms. The lowest BCUT2D eigenvalue weighted by atomic mass is 9.88. The number of nitrogens with zero attached hydrogens (tertiary/aromatic N) is 1. The van der Waals surface area contributed by atoms with Crippen molar-refractivity contribution in [2.24, 2.45) is 5.41 Å². The van der Waals surface area contributed by atoms with Gasteiger partial charge >= 0.3 is 0 Å². The molecule has 1 amide bonds. The fraction of sp³-hybridized carbons (Fsp3) is 0.476. The number of aromatic hydroxyl groups is 1. The van der Waals surface area contributed by atoms with Crippen LogP contribution in [0.15, 0.2) is 21.7 Å². The van der Waals surface area contributed by atoms with E-state index in [4.69, 9.17) is 0 Å². The van der Waals surface area contributed by atoms with Crippen LogP contribution >= 0.6 is 0 Å². The second-order valence-corrected chi connectivity index (χ2v) is 8.75. The van der Waals surface area contributed by atoms with E-state index in [1.807, 2.05) is 6.92 Å². The highest BCUT2D eigenvalue weighted by atomic mass is 16.3. The number of phenols is 1. The second-order valence-electron chi connectivity index (χ2n) is 8.75. The van der Waals surface area contributed by atoms with E-state index >= 15 is 0 Å². The molecule has 0 spiro atoms. The Labute approximate surface area is 165 Å². The molecule has 0 saturated heterocycles. The van der Waals surface area contributed by atoms with Crippen LogP contribution in [0.2, 0.25) is 0 Å². The molecule has 0 bridgehead atoms. The molecule has 0 fully saturated rings. The van der Waals surface area contributed by atoms with Gasteiger partial charge in [0.05, 0.1) is 11.3 Å². The Bertz CT molecular complexity index is 963. The van der Waals surface area contributed by atoms with Crippen LogP contribution in [-0.4, -0.2) is 36.1 Å². The van der Waals surface area contributed by atoms with Gasteiger partial charge in [-0.15, -0.1) is 0 Å². The van der Waals surface area contributed by atoms with Crippen LogP contribution in [0.1, 0.15) is 50.0 Å². The molecule has 3 N–H and O–H groups in total. The highest BCUT2D eigenvalue weighted by Gasteiger charge is 2.26. The fourth-order valence-electron chi connectivity index (χ4n) is 3.28. The van der Waals surface area contributed by atoms with Gasteiger partial charge in [-0.1, -0.05) is 20.8 Å². The van der Waals surface area contributed by atoms with E-state index in [0.717, 1.165) is 12.0 Å². The molecule has 0 aliphatic carbocycles. The van der Waals surface area contributed by atoms with E-state index in [2.05, 4.69) is 31.4 Å². The number of hydrogen-bond donors (Lipinski definition) is 3. The predicted molar refractivity (Wildman–Crippen MR) is 113 cm³/mol. The second kappa shape index (κ2) is 7.66. The Balaban J connectivity index is 2.35. The first-order chi connectivity index (χ1) is 12.8. The van der Waals surface area contributed by atoms with Crippen molar-refractivity contribution in [3.8, 4) is 5.75 Å². The van der Waals surface area contributed by atoms with Gasteiger partial charge in [-0.25, -0.2) is 0 Å². The van der Waals surface area contributed by atoms with Crippen LogP contribution in [0.5, 0.6) is 5.75 Å². The Morgan fingerprint density at radius 2 is 1.71 bits per heavy atom. The number of carbonyl (C=O) groups excluding carboxylic acids is 1. The molecule has 0 unspecified atom stereocenters. The van der Waals surface area contributed by atoms with Crippen LogP contribution in [-0.2, 0) is 0 Å². The monoisotopic (exact) mass is 387 g/mol. The largest absolute Gasteiger partial charge is 0.505 e. The highest BCUT2D eigenvalue weighted by molar-refractivity contribution is 5.99. The molecule has 0 aromatic heterocycles. The summed E-state index contributed by atoms with van der Waals surface area (Å²) in [7, 11) is 3.18. The van der Waals surface area contributed by atoms with Gasteiger partial charge < -0.3 is 20.6 Å². The summed E-state index contributed by atoms with van der Waals surface area (Å²) in [4.78, 5) is 37.8. The number of nitrogens with one attached hydrogen (secondary N) is 2. The summed E-state index contributed by atoms with van der Waals surface area (Å²) in [5.41, 5.74) is 0.225. The van der Waals surface area contributed by atoms with Crippen LogP contribution in [0, 0.1) is 12.3 Å². The standard InChI is InChI=1S/C21H29N3O4/c1-11-8-13(20(28)24(6)7)17(25)14(9-11)23-16-15(18(26)19(16)27)22-12(2)10-21(3,4)5/h8-9,12,22-23,25H,10H2,1-7H3/t12-/m0/s1. The number of phenolic OH excluding ortho intramolecular Hbond substituents is 1. The van der Waals surface area contributed by atoms with Gasteiger partial charge in [-0.3, -0.25) is 14.4 Å². The lowest BCUT2D eigenvalue weighted by Crippen LogP contribution is -2.39. The van der Waals surface area contributed by atoms with Gasteiger partial charge in [0.2, 0.25) is 0 Å². The van der Waals surface area contributed by atoms with Crippen molar-refractivity contribution in [3.63, 3.8) is 0 Å². The number of anilines is 3. The van der Waals surface area contributed by atoms with Crippen LogP contribution in [0.3, 0.4) is 0 Å². The van der Waals surface area contributed by atoms with Gasteiger partial charge in [0.15, 0.2) is 5.75 Å². The Morgan fingerprint density at radius 3 is 2.25 bits per heavy atom. The van der Waals surface area contributed by atoms with Crippen molar-refractivity contribution >= 4 is 23.0 Å². The van der Waals surface area contributed by atoms with E-state index in [0.29, 0.717) is 0 Å². The summed E-state index contributed by atoms with van der Waals surface area (Å²) in [6.07, 6.45) is 0.808. The average molecular weight is 387 g/mol. The average Bonchev–Trinajstić information content (AvgIpc) is 2.57. The van der Waals surface area contributed by atoms with Crippen molar-refractivity contribution in [2.45, 2.75) is 47.1 Å². The molecule has 0 radical (unpaired) electrons. The van der Waals surface area contributed by atoms with Crippen molar-refractivity contribution in [1.82, 2.24) is 4.90 Å². The van der Waals surface area contributed by atoms with Crippen molar-refractivity contribution < 1.29 is 9.90 Å². The summed E-state index contributed by atoms with van der Waals surface area (Å²) in [5.74, 6) is -0.613. The molecule has 0 heterocycles. The number of benzene rings is 1. The van der Waals surface area contributed by atoms with Gasteiger partial charge in [0.25, 0.3) is 16.8 Å². The van der Waals surface area contributed by atoms with Crippen LogP contribution < -0.4 is 21.5 Å². The normalized spacial score (nSPS) is 12.7. The van der Waals surface area contributed by atoms with E-state index < -0.39 is 10.9 Å². The molecule has 0 aliphatic heterocycles. The maximum absolute atomic E-state index is 12.3. The lowest BCUT2D eigenvalue weighted by Gasteiger charge is -2.26. The molecule has 28 heavy (non-hydrogen) atoms. The first-order valence-electron chi connectivity index (χ1n) is 9.24. The van der Waals surface area contributed by atoms with E-state index in [-0.39, 0.29) is 45.7 Å². The molecule has 2 aromatic carbocycles. The quantitative estimate of drug-likeness (QED) is 0.521. The van der Waals surface area contributed by atoms with Crippen molar-refractivity contribution in [3.05, 3.63) is 43.7 Å². The van der Waals surface area contributed by atoms with Gasteiger partial charge in [-0.2, -0.15) is 0 Å². The number of aryl methyl sites for hydroxylation is 1. The Morgan fingerprint density at radius 1 is 1.14 bits per heavy atom. The minimum atomic E-state index is -0.646. The molecular formula is C21H29N3O4. The molecule has 2 rings (SSSR count). The Hall–Kier alpha value is -2.83. The lowest BCUT2D eigenvalue weighted by molar-refractivity contribution is 0.0824. The summed E-state index contributed by atoms with van der Waals surface area (Å²) >= 11 is 0. The third kappa shape index (κ3) is 4.52. The van der Waals surface area contributed by atoms with E-state index in [1.54, 1.807) is 33.2 Å². The van der Waals surface area contributed by atoms with E-state index in [1.165, 1.54) is 4.90 Å². The third-order valence-electron chi connectivity index (χ3n) is 4.37. The zero-order valence-electron chi connectivity index (χ0n) is 17.6. The molecule has 7 nitrogen and oxygen atoms in total. The molecule has 2 aromatic rings. The number of amides is 1. The maximum atomic E-state index is 12.3. The first-order valence-corrected chi connectivity index (χ1v) is 9.24. The summed E-state index contributed by atoms with van der Waals surface area (Å²) in [6, 6.07) is 3.19. The maximum Gasteiger partial charge on any atom is 0.257 e.